The lowest BCUT2D eigenvalue weighted by atomic mass is 9.75. The van der Waals surface area contributed by atoms with Crippen LogP contribution in [0.25, 0.3) is 0 Å². The average molecular weight is 288 g/mol. The molecule has 3 heteroatoms. The molecule has 0 spiro atoms. The van der Waals surface area contributed by atoms with Gasteiger partial charge in [-0.25, -0.2) is 0 Å². The zero-order valence-corrected chi connectivity index (χ0v) is 13.2. The molecule has 0 aromatic heterocycles. The first kappa shape index (κ1) is 15.7. The van der Waals surface area contributed by atoms with E-state index >= 15 is 0 Å². The fourth-order valence-corrected chi connectivity index (χ4v) is 3.25. The van der Waals surface area contributed by atoms with Crippen molar-refractivity contribution in [1.29, 1.82) is 0 Å². The van der Waals surface area contributed by atoms with Crippen LogP contribution in [0.3, 0.4) is 0 Å². The Balaban J connectivity index is 2.30. The van der Waals surface area contributed by atoms with Crippen LogP contribution in [-0.2, 0) is 11.2 Å². The number of benzene rings is 1. The highest BCUT2D eigenvalue weighted by Gasteiger charge is 2.44. The topological polar surface area (TPSA) is 43.4 Å². The summed E-state index contributed by atoms with van der Waals surface area (Å²) in [6.45, 7) is 3.73. The van der Waals surface area contributed by atoms with E-state index in [1.165, 1.54) is 0 Å². The summed E-state index contributed by atoms with van der Waals surface area (Å²) in [6, 6.07) is 5.68. The third-order valence-electron chi connectivity index (χ3n) is 4.53. The predicted octanol–water partition coefficient (Wildman–Crippen LogP) is 3.98. The van der Waals surface area contributed by atoms with Gasteiger partial charge in [0.2, 0.25) is 0 Å². The van der Waals surface area contributed by atoms with E-state index < -0.39 is 0 Å². The molecule has 1 aromatic rings. The summed E-state index contributed by atoms with van der Waals surface area (Å²) in [6.07, 6.45) is 4.85. The molecule has 1 unspecified atom stereocenters. The van der Waals surface area contributed by atoms with Crippen molar-refractivity contribution in [2.45, 2.75) is 52.4 Å². The Morgan fingerprint density at radius 3 is 2.71 bits per heavy atom. The van der Waals surface area contributed by atoms with Gasteiger partial charge in [0.25, 0.3) is 0 Å². The van der Waals surface area contributed by atoms with Gasteiger partial charge in [0.05, 0.1) is 7.11 Å². The van der Waals surface area contributed by atoms with Crippen molar-refractivity contribution < 1.29 is 14.3 Å². The molecule has 114 valence electrons. The van der Waals surface area contributed by atoms with Crippen molar-refractivity contribution in [3.63, 3.8) is 0 Å². The number of ether oxygens (including phenoxy) is 1. The zero-order valence-electron chi connectivity index (χ0n) is 13.2. The maximum absolute atomic E-state index is 12.9. The molecule has 1 aliphatic carbocycles. The van der Waals surface area contributed by atoms with Crippen LogP contribution in [0.4, 0.5) is 0 Å². The molecule has 21 heavy (non-hydrogen) atoms. The van der Waals surface area contributed by atoms with Crippen LogP contribution in [0.1, 0.15) is 61.9 Å². The van der Waals surface area contributed by atoms with Gasteiger partial charge in [-0.2, -0.15) is 0 Å². The summed E-state index contributed by atoms with van der Waals surface area (Å²) in [5.41, 5.74) is 1.51. The van der Waals surface area contributed by atoms with Crippen molar-refractivity contribution in [2.75, 3.05) is 7.11 Å². The molecule has 0 fully saturated rings. The standard InChI is InChI=1S/C18H24O3/c1-4-5-9-18(10-8-13(2)19)12-14-11-15(21-3)6-7-16(14)17(18)20/h6-7,11H,4-5,8-10,12H2,1-3H3. The molecule has 0 saturated heterocycles. The van der Waals surface area contributed by atoms with E-state index in [9.17, 15) is 9.59 Å². The summed E-state index contributed by atoms with van der Waals surface area (Å²) in [5.74, 6) is 1.17. The minimum Gasteiger partial charge on any atom is -0.497 e. The highest BCUT2D eigenvalue weighted by atomic mass is 16.5. The van der Waals surface area contributed by atoms with E-state index in [0.717, 1.165) is 42.6 Å². The van der Waals surface area contributed by atoms with Gasteiger partial charge in [0.1, 0.15) is 11.5 Å². The first-order valence-corrected chi connectivity index (χ1v) is 7.73. The predicted molar refractivity (Wildman–Crippen MR) is 82.9 cm³/mol. The first-order valence-electron chi connectivity index (χ1n) is 7.73. The van der Waals surface area contributed by atoms with Crippen LogP contribution in [0.15, 0.2) is 18.2 Å². The molecule has 0 bridgehead atoms. The number of hydrogen-bond donors (Lipinski definition) is 0. The quantitative estimate of drug-likeness (QED) is 0.762. The first-order chi connectivity index (χ1) is 10.0. The Labute approximate surface area is 126 Å². The number of carbonyl (C=O) groups is 2. The number of unbranched alkanes of at least 4 members (excludes halogenated alkanes) is 1. The summed E-state index contributed by atoms with van der Waals surface area (Å²) < 4.78 is 5.26. The molecule has 1 atom stereocenters. The molecular formula is C18H24O3. The SMILES string of the molecule is CCCCC1(CCC(C)=O)Cc2cc(OC)ccc2C1=O. The maximum Gasteiger partial charge on any atom is 0.169 e. The minimum atomic E-state index is -0.379. The lowest BCUT2D eigenvalue weighted by Gasteiger charge is -2.27. The molecule has 0 heterocycles. The molecule has 0 aliphatic heterocycles. The van der Waals surface area contributed by atoms with Crippen LogP contribution in [0.2, 0.25) is 0 Å². The monoisotopic (exact) mass is 288 g/mol. The number of rotatable bonds is 7. The average Bonchev–Trinajstić information content (AvgIpc) is 2.75. The molecule has 2 rings (SSSR count). The number of hydrogen-bond acceptors (Lipinski definition) is 3. The van der Waals surface area contributed by atoms with Gasteiger partial charge in [-0.3, -0.25) is 4.79 Å². The molecule has 0 saturated carbocycles. The van der Waals surface area contributed by atoms with Crippen LogP contribution < -0.4 is 4.74 Å². The number of carbonyl (C=O) groups excluding carboxylic acids is 2. The smallest absolute Gasteiger partial charge is 0.169 e. The van der Waals surface area contributed by atoms with Crippen LogP contribution in [0.5, 0.6) is 5.75 Å². The van der Waals surface area contributed by atoms with Crippen molar-refractivity contribution in [3.05, 3.63) is 29.3 Å². The van der Waals surface area contributed by atoms with Gasteiger partial charge in [-0.05, 0) is 49.9 Å². The van der Waals surface area contributed by atoms with Gasteiger partial charge in [-0.1, -0.05) is 19.8 Å². The maximum atomic E-state index is 12.9. The normalized spacial score (nSPS) is 20.4. The second-order valence-electron chi connectivity index (χ2n) is 6.11. The summed E-state index contributed by atoms with van der Waals surface area (Å²) in [7, 11) is 1.64. The molecule has 0 amide bonds. The summed E-state index contributed by atoms with van der Waals surface area (Å²) in [5, 5.41) is 0. The Morgan fingerprint density at radius 1 is 1.33 bits per heavy atom. The molecule has 1 aliphatic rings. The second kappa shape index (κ2) is 6.42. The van der Waals surface area contributed by atoms with E-state index in [1.807, 2.05) is 18.2 Å². The van der Waals surface area contributed by atoms with Crippen LogP contribution in [0, 0.1) is 5.41 Å². The number of ketones is 2. The van der Waals surface area contributed by atoms with Gasteiger partial charge < -0.3 is 9.53 Å². The summed E-state index contributed by atoms with van der Waals surface area (Å²) >= 11 is 0. The third-order valence-corrected chi connectivity index (χ3v) is 4.53. The number of methoxy groups -OCH3 is 1. The number of Topliss-reactive ketones (excluding diaryl/α,β-unsaturated/α-hetero) is 2. The van der Waals surface area contributed by atoms with Gasteiger partial charge in [0.15, 0.2) is 5.78 Å². The van der Waals surface area contributed by atoms with E-state index in [-0.39, 0.29) is 17.0 Å². The molecular weight excluding hydrogens is 264 g/mol. The number of fused-ring (bicyclic) bond motifs is 1. The van der Waals surface area contributed by atoms with Gasteiger partial charge in [-0.15, -0.1) is 0 Å². The zero-order chi connectivity index (χ0) is 15.5. The van der Waals surface area contributed by atoms with E-state index in [1.54, 1.807) is 14.0 Å². The fourth-order valence-electron chi connectivity index (χ4n) is 3.25. The Kier molecular flexibility index (Phi) is 4.81. The van der Waals surface area contributed by atoms with Crippen molar-refractivity contribution >= 4 is 11.6 Å². The molecule has 1 aromatic carbocycles. The molecule has 0 N–H and O–H groups in total. The minimum absolute atomic E-state index is 0.159. The van der Waals surface area contributed by atoms with E-state index in [0.29, 0.717) is 12.8 Å². The van der Waals surface area contributed by atoms with Crippen LogP contribution >= 0.6 is 0 Å². The lowest BCUT2D eigenvalue weighted by Crippen LogP contribution is -2.28. The van der Waals surface area contributed by atoms with Gasteiger partial charge >= 0.3 is 0 Å². The van der Waals surface area contributed by atoms with E-state index in [4.69, 9.17) is 4.74 Å². The van der Waals surface area contributed by atoms with Crippen molar-refractivity contribution in [3.8, 4) is 5.75 Å². The fraction of sp³-hybridized carbons (Fsp3) is 0.556. The lowest BCUT2D eigenvalue weighted by molar-refractivity contribution is -0.117. The largest absolute Gasteiger partial charge is 0.497 e. The summed E-state index contributed by atoms with van der Waals surface area (Å²) in [4.78, 5) is 24.2. The molecule has 0 radical (unpaired) electrons. The Morgan fingerprint density at radius 2 is 2.10 bits per heavy atom. The Hall–Kier alpha value is -1.64. The third kappa shape index (κ3) is 3.17. The van der Waals surface area contributed by atoms with Crippen molar-refractivity contribution in [2.24, 2.45) is 5.41 Å². The van der Waals surface area contributed by atoms with E-state index in [2.05, 4.69) is 6.92 Å². The van der Waals surface area contributed by atoms with Crippen LogP contribution in [-0.4, -0.2) is 18.7 Å². The highest BCUT2D eigenvalue weighted by molar-refractivity contribution is 6.05. The highest BCUT2D eigenvalue weighted by Crippen LogP contribution is 2.45. The van der Waals surface area contributed by atoms with Gasteiger partial charge in [0, 0.05) is 17.4 Å². The molecule has 3 nitrogen and oxygen atoms in total. The Bertz CT molecular complexity index is 547. The second-order valence-corrected chi connectivity index (χ2v) is 6.11. The van der Waals surface area contributed by atoms with Crippen molar-refractivity contribution in [1.82, 2.24) is 0 Å².